The number of carbonyl (C=O) groups is 3. The molecule has 30 heavy (non-hydrogen) atoms. The van der Waals surface area contributed by atoms with Crippen LogP contribution in [0.3, 0.4) is 0 Å². The highest BCUT2D eigenvalue weighted by Gasteiger charge is 2.73. The Morgan fingerprint density at radius 3 is 2.30 bits per heavy atom. The monoisotopic (exact) mass is 418 g/mol. The summed E-state index contributed by atoms with van der Waals surface area (Å²) in [7, 11) is 0. The zero-order valence-electron chi connectivity index (χ0n) is 18.7. The van der Waals surface area contributed by atoms with Gasteiger partial charge in [-0.15, -0.1) is 0 Å². The summed E-state index contributed by atoms with van der Waals surface area (Å²) in [5, 5.41) is 11.3. The van der Waals surface area contributed by atoms with Gasteiger partial charge in [0.05, 0.1) is 6.10 Å². The molecule has 2 bridgehead atoms. The largest absolute Gasteiger partial charge is 0.462 e. The summed E-state index contributed by atoms with van der Waals surface area (Å²) in [5.74, 6) is -1.01. The molecule has 0 aromatic carbocycles. The predicted molar refractivity (Wildman–Crippen MR) is 109 cm³/mol. The third kappa shape index (κ3) is 2.75. The number of aliphatic hydroxyl groups is 1. The molecule has 4 fully saturated rings. The SMILES string of the molecule is C=C1C(=O)[C@]23C[C@H]1C[C@H](O)[C@H]2[C@@]1(C)CC[C@H](OC(C)=O)C(C)(C)[C@H]1[C@@H](OC(C)=O)C3. The number of hydrogen-bond donors (Lipinski definition) is 1. The number of hydrogen-bond acceptors (Lipinski definition) is 6. The number of carbonyl (C=O) groups excluding carboxylic acids is 3. The average molecular weight is 419 g/mol. The number of rotatable bonds is 2. The highest BCUT2D eigenvalue weighted by Crippen LogP contribution is 2.71. The number of Topliss-reactive ketones (excluding diaryl/α,β-unsaturated/α-hetero) is 1. The maximum Gasteiger partial charge on any atom is 0.302 e. The number of ketones is 1. The number of aliphatic hydroxyl groups excluding tert-OH is 1. The van der Waals surface area contributed by atoms with Crippen molar-refractivity contribution >= 4 is 17.7 Å². The summed E-state index contributed by atoms with van der Waals surface area (Å²) in [5.41, 5.74) is -1.01. The van der Waals surface area contributed by atoms with Crippen molar-refractivity contribution < 1.29 is 29.0 Å². The molecule has 1 spiro atoms. The standard InChI is InChI=1S/C24H34O6/c1-12-15-9-16(27)19-23(6)8-7-18(30-14(3)26)22(4,5)20(23)17(29-13(2)25)11-24(19,10-15)21(12)28/h15-20,27H,1,7-11H2,2-6H3/t15-,16+,17+,18+,19+,20-,23-,24+/m1/s1. The normalized spacial score (nSPS) is 46.6. The Kier molecular flexibility index (Phi) is 4.78. The summed E-state index contributed by atoms with van der Waals surface area (Å²) < 4.78 is 11.6. The van der Waals surface area contributed by atoms with Gasteiger partial charge in [0.2, 0.25) is 0 Å². The molecule has 1 N–H and O–H groups in total. The van der Waals surface area contributed by atoms with Gasteiger partial charge in [-0.1, -0.05) is 27.4 Å². The van der Waals surface area contributed by atoms with Gasteiger partial charge in [-0.3, -0.25) is 14.4 Å². The van der Waals surface area contributed by atoms with Crippen LogP contribution in [0.1, 0.15) is 66.7 Å². The maximum atomic E-state index is 13.5. The third-order valence-electron chi connectivity index (χ3n) is 8.91. The molecular formula is C24H34O6. The molecule has 4 aliphatic carbocycles. The Balaban J connectivity index is 1.85. The molecule has 0 saturated heterocycles. The van der Waals surface area contributed by atoms with E-state index in [0.717, 1.165) is 0 Å². The van der Waals surface area contributed by atoms with E-state index in [1.54, 1.807) is 0 Å². The summed E-state index contributed by atoms with van der Waals surface area (Å²) in [6.07, 6.45) is 1.62. The van der Waals surface area contributed by atoms with Crippen LogP contribution in [0.15, 0.2) is 12.2 Å². The van der Waals surface area contributed by atoms with Crippen LogP contribution < -0.4 is 0 Å². The maximum absolute atomic E-state index is 13.5. The molecule has 0 aromatic rings. The minimum atomic E-state index is -0.727. The summed E-state index contributed by atoms with van der Waals surface area (Å²) in [6, 6.07) is 0. The predicted octanol–water partition coefficient (Wildman–Crippen LogP) is 3.21. The van der Waals surface area contributed by atoms with Crippen LogP contribution >= 0.6 is 0 Å². The van der Waals surface area contributed by atoms with Crippen LogP contribution in [0.5, 0.6) is 0 Å². The first-order valence-electron chi connectivity index (χ1n) is 11.1. The van der Waals surface area contributed by atoms with Crippen molar-refractivity contribution in [3.05, 3.63) is 12.2 Å². The second-order valence-electron chi connectivity index (χ2n) is 11.0. The highest BCUT2D eigenvalue weighted by molar-refractivity contribution is 6.03. The van der Waals surface area contributed by atoms with E-state index >= 15 is 0 Å². The lowest BCUT2D eigenvalue weighted by Crippen LogP contribution is -2.68. The van der Waals surface area contributed by atoms with Crippen molar-refractivity contribution in [3.63, 3.8) is 0 Å². The smallest absolute Gasteiger partial charge is 0.302 e. The Morgan fingerprint density at radius 1 is 1.07 bits per heavy atom. The van der Waals surface area contributed by atoms with Gasteiger partial charge in [0, 0.05) is 36.5 Å². The quantitative estimate of drug-likeness (QED) is 0.547. The molecule has 4 aliphatic rings. The lowest BCUT2D eigenvalue weighted by molar-refractivity contribution is -0.249. The van der Waals surface area contributed by atoms with E-state index in [2.05, 4.69) is 27.4 Å². The molecule has 0 amide bonds. The fourth-order valence-electron chi connectivity index (χ4n) is 8.31. The van der Waals surface area contributed by atoms with Gasteiger partial charge in [-0.25, -0.2) is 0 Å². The van der Waals surface area contributed by atoms with E-state index in [4.69, 9.17) is 9.47 Å². The Bertz CT molecular complexity index is 815. The molecule has 4 rings (SSSR count). The van der Waals surface area contributed by atoms with Gasteiger partial charge in [-0.05, 0) is 49.0 Å². The molecule has 8 atom stereocenters. The second-order valence-corrected chi connectivity index (χ2v) is 11.0. The van der Waals surface area contributed by atoms with E-state index < -0.39 is 28.5 Å². The minimum Gasteiger partial charge on any atom is -0.462 e. The first-order valence-corrected chi connectivity index (χ1v) is 11.1. The van der Waals surface area contributed by atoms with Crippen LogP contribution in [0, 0.1) is 34.0 Å². The Labute approximate surface area is 178 Å². The van der Waals surface area contributed by atoms with Crippen molar-refractivity contribution in [2.45, 2.75) is 85.0 Å². The van der Waals surface area contributed by atoms with Gasteiger partial charge in [0.15, 0.2) is 5.78 Å². The number of fused-ring (bicyclic) bond motifs is 3. The molecule has 4 saturated carbocycles. The molecule has 6 nitrogen and oxygen atoms in total. The van der Waals surface area contributed by atoms with Crippen LogP contribution in [0.2, 0.25) is 0 Å². The van der Waals surface area contributed by atoms with Gasteiger partial charge < -0.3 is 14.6 Å². The molecule has 0 aromatic heterocycles. The van der Waals surface area contributed by atoms with Crippen LogP contribution in [-0.2, 0) is 23.9 Å². The van der Waals surface area contributed by atoms with Gasteiger partial charge in [-0.2, -0.15) is 0 Å². The van der Waals surface area contributed by atoms with Crippen LogP contribution in [0.4, 0.5) is 0 Å². The van der Waals surface area contributed by atoms with Crippen molar-refractivity contribution in [1.82, 2.24) is 0 Å². The number of esters is 2. The topological polar surface area (TPSA) is 89.9 Å². The fraction of sp³-hybridized carbons (Fsp3) is 0.792. The molecule has 0 aliphatic heterocycles. The highest BCUT2D eigenvalue weighted by atomic mass is 16.6. The van der Waals surface area contributed by atoms with Crippen molar-refractivity contribution in [2.24, 2.45) is 34.0 Å². The van der Waals surface area contributed by atoms with E-state index in [1.807, 2.05) is 0 Å². The first kappa shape index (κ1) is 21.5. The van der Waals surface area contributed by atoms with Crippen molar-refractivity contribution in [1.29, 1.82) is 0 Å². The lowest BCUT2D eigenvalue weighted by atomic mass is 9.39. The lowest BCUT2D eigenvalue weighted by Gasteiger charge is -2.66. The zero-order valence-corrected chi connectivity index (χ0v) is 18.7. The zero-order chi connectivity index (χ0) is 22.2. The minimum absolute atomic E-state index is 0.00673. The van der Waals surface area contributed by atoms with Gasteiger partial charge in [0.1, 0.15) is 12.2 Å². The van der Waals surface area contributed by atoms with E-state index in [9.17, 15) is 19.5 Å². The van der Waals surface area contributed by atoms with Crippen LogP contribution in [-0.4, -0.2) is 41.1 Å². The summed E-state index contributed by atoms with van der Waals surface area (Å²) in [4.78, 5) is 37.3. The van der Waals surface area contributed by atoms with Gasteiger partial charge >= 0.3 is 11.9 Å². The third-order valence-corrected chi connectivity index (χ3v) is 8.91. The number of allylic oxidation sites excluding steroid dienone is 1. The molecule has 166 valence electrons. The summed E-state index contributed by atoms with van der Waals surface area (Å²) in [6.45, 7) is 13.1. The Hall–Kier alpha value is -1.69. The summed E-state index contributed by atoms with van der Waals surface area (Å²) >= 11 is 0. The first-order chi connectivity index (χ1) is 13.8. The van der Waals surface area contributed by atoms with Gasteiger partial charge in [0.25, 0.3) is 0 Å². The van der Waals surface area contributed by atoms with Crippen LogP contribution in [0.25, 0.3) is 0 Å². The van der Waals surface area contributed by atoms with E-state index in [-0.39, 0.29) is 41.6 Å². The van der Waals surface area contributed by atoms with E-state index in [1.165, 1.54) is 13.8 Å². The average Bonchev–Trinajstić information content (AvgIpc) is 2.77. The molecule has 6 heteroatoms. The molecule has 0 heterocycles. The fourth-order valence-corrected chi connectivity index (χ4v) is 8.31. The molecular weight excluding hydrogens is 384 g/mol. The molecule has 0 radical (unpaired) electrons. The van der Waals surface area contributed by atoms with Crippen molar-refractivity contribution in [2.75, 3.05) is 0 Å². The second kappa shape index (κ2) is 6.65. The number of ether oxygens (including phenoxy) is 2. The van der Waals surface area contributed by atoms with E-state index in [0.29, 0.717) is 37.7 Å². The molecule has 0 unspecified atom stereocenters. The Morgan fingerprint density at radius 2 is 1.70 bits per heavy atom. The van der Waals surface area contributed by atoms with Crippen molar-refractivity contribution in [3.8, 4) is 0 Å².